The first kappa shape index (κ1) is 31.4. The van der Waals surface area contributed by atoms with E-state index in [0.29, 0.717) is 18.8 Å². The van der Waals surface area contributed by atoms with E-state index >= 15 is 0 Å². The highest BCUT2D eigenvalue weighted by atomic mass is 35.5. The van der Waals surface area contributed by atoms with Crippen LogP contribution in [0.25, 0.3) is 11.2 Å². The summed E-state index contributed by atoms with van der Waals surface area (Å²) in [6.07, 6.45) is -9.25. The topological polar surface area (TPSA) is 79.9 Å². The molecule has 40 heavy (non-hydrogen) atoms. The van der Waals surface area contributed by atoms with Gasteiger partial charge in [-0.3, -0.25) is 4.79 Å². The molecule has 0 radical (unpaired) electrons. The summed E-state index contributed by atoms with van der Waals surface area (Å²) in [4.78, 5) is 22.3. The third kappa shape index (κ3) is 8.18. The minimum absolute atomic E-state index is 0.0534. The third-order valence-electron chi connectivity index (χ3n) is 6.20. The highest BCUT2D eigenvalue weighted by Gasteiger charge is 2.40. The van der Waals surface area contributed by atoms with E-state index in [0.717, 1.165) is 25.0 Å². The van der Waals surface area contributed by atoms with Crippen LogP contribution in [-0.2, 0) is 6.18 Å². The number of alkyl halides is 8. The predicted octanol–water partition coefficient (Wildman–Crippen LogP) is 8.60. The average Bonchev–Trinajstić information content (AvgIpc) is 3.24. The number of carbonyl (C=O) groups excluding carboxylic acids is 1. The predicted molar refractivity (Wildman–Crippen MR) is 132 cm³/mol. The Hall–Kier alpha value is -3.16. The summed E-state index contributed by atoms with van der Waals surface area (Å²) >= 11 is 5.89. The van der Waals surface area contributed by atoms with Crippen molar-refractivity contribution in [1.29, 1.82) is 0 Å². The fraction of sp³-hybridized carbons (Fsp3) is 0.480. The lowest BCUT2D eigenvalue weighted by molar-refractivity contribution is -0.183. The zero-order valence-corrected chi connectivity index (χ0v) is 21.9. The van der Waals surface area contributed by atoms with Gasteiger partial charge >= 0.3 is 12.4 Å². The minimum Gasteiger partial charge on any atom is -0.471 e. The van der Waals surface area contributed by atoms with Crippen molar-refractivity contribution >= 4 is 40.2 Å². The molecule has 1 saturated carbocycles. The number of aromatic amines is 1. The minimum atomic E-state index is -4.67. The molecule has 220 valence electrons. The first-order valence-corrected chi connectivity index (χ1v) is 12.5. The monoisotopic (exact) mass is 600 g/mol. The molecule has 1 fully saturated rings. The Kier molecular flexibility index (Phi) is 9.85. The molecule has 15 heteroatoms. The lowest BCUT2D eigenvalue weighted by atomic mass is 9.83. The highest BCUT2D eigenvalue weighted by Crippen LogP contribution is 2.40. The van der Waals surface area contributed by atoms with Crippen molar-refractivity contribution in [3.05, 3.63) is 40.4 Å². The molecule has 0 unspecified atom stereocenters. The van der Waals surface area contributed by atoms with Gasteiger partial charge in [0.15, 0.2) is 18.0 Å². The van der Waals surface area contributed by atoms with Gasteiger partial charge in [0.05, 0.1) is 33.3 Å². The number of imidazole rings is 1. The molecule has 3 aromatic rings. The molecule has 2 aromatic heterocycles. The summed E-state index contributed by atoms with van der Waals surface area (Å²) in [5.74, 6) is -1.52. The van der Waals surface area contributed by atoms with Crippen LogP contribution in [0.5, 0.6) is 5.88 Å². The Morgan fingerprint density at radius 1 is 1.12 bits per heavy atom. The zero-order valence-electron chi connectivity index (χ0n) is 21.2. The maximum Gasteiger partial charge on any atom is 0.418 e. The second-order valence-corrected chi connectivity index (χ2v) is 9.75. The molecule has 0 atom stereocenters. The highest BCUT2D eigenvalue weighted by molar-refractivity contribution is 6.33. The van der Waals surface area contributed by atoms with E-state index in [-0.39, 0.29) is 33.6 Å². The van der Waals surface area contributed by atoms with Crippen molar-refractivity contribution in [2.45, 2.75) is 58.3 Å². The van der Waals surface area contributed by atoms with E-state index in [1.165, 1.54) is 19.1 Å². The molecule has 2 N–H and O–H groups in total. The van der Waals surface area contributed by atoms with Crippen molar-refractivity contribution in [3.63, 3.8) is 0 Å². The number of nitrogens with zero attached hydrogens (tertiary/aromatic N) is 2. The number of nitrogens with one attached hydrogen (secondary N) is 2. The molecular weight excluding hydrogens is 576 g/mol. The van der Waals surface area contributed by atoms with E-state index in [1.807, 2.05) is 6.92 Å². The number of carbonyl (C=O) groups is 1. The summed E-state index contributed by atoms with van der Waals surface area (Å²) in [6.45, 7) is 2.22. The van der Waals surface area contributed by atoms with E-state index in [2.05, 4.69) is 20.3 Å². The fourth-order valence-corrected chi connectivity index (χ4v) is 4.30. The summed E-state index contributed by atoms with van der Waals surface area (Å²) in [6, 6.07) is 4.53. The largest absolute Gasteiger partial charge is 0.471 e. The van der Waals surface area contributed by atoms with Gasteiger partial charge in [-0.1, -0.05) is 37.4 Å². The first-order chi connectivity index (χ1) is 18.6. The van der Waals surface area contributed by atoms with Gasteiger partial charge in [0, 0.05) is 0 Å². The quantitative estimate of drug-likeness (QED) is 0.219. The lowest BCUT2D eigenvalue weighted by Gasteiger charge is -2.27. The molecule has 1 aliphatic carbocycles. The van der Waals surface area contributed by atoms with Gasteiger partial charge < -0.3 is 15.0 Å². The van der Waals surface area contributed by atoms with Gasteiger partial charge in [-0.25, -0.2) is 8.78 Å². The van der Waals surface area contributed by atoms with E-state index in [1.54, 1.807) is 0 Å². The smallest absolute Gasteiger partial charge is 0.418 e. The number of ether oxygens (including phenoxy) is 1. The Balaban J connectivity index is 0.000000336. The van der Waals surface area contributed by atoms with Gasteiger partial charge in [-0.15, -0.1) is 0 Å². The number of halogens is 9. The Morgan fingerprint density at radius 2 is 1.77 bits per heavy atom. The van der Waals surface area contributed by atoms with Crippen LogP contribution >= 0.6 is 11.6 Å². The van der Waals surface area contributed by atoms with E-state index < -0.39 is 48.3 Å². The van der Waals surface area contributed by atoms with Crippen LogP contribution in [-0.4, -0.2) is 39.9 Å². The van der Waals surface area contributed by atoms with Crippen molar-refractivity contribution in [3.8, 4) is 5.88 Å². The molecule has 1 aliphatic rings. The number of anilines is 2. The van der Waals surface area contributed by atoms with Crippen molar-refractivity contribution in [2.75, 3.05) is 11.9 Å². The summed E-state index contributed by atoms with van der Waals surface area (Å²) < 4.78 is 106. The van der Waals surface area contributed by atoms with Crippen molar-refractivity contribution in [2.24, 2.45) is 11.8 Å². The van der Waals surface area contributed by atoms with Crippen LogP contribution in [0.2, 0.25) is 5.02 Å². The Bertz CT molecular complexity index is 1320. The maximum atomic E-state index is 13.2. The fourth-order valence-electron chi connectivity index (χ4n) is 4.08. The SMILES string of the molecule is CC(=O)c1cc2[nH]c(Nc3c(Cl)cccc3C(F)(F)F)nc2nc1OCC(F)F.CC1CCC(C(F)(F)F)CC1. The number of aromatic nitrogens is 3. The van der Waals surface area contributed by atoms with Crippen LogP contribution in [0.3, 0.4) is 0 Å². The number of benzene rings is 1. The molecule has 1 aromatic carbocycles. The number of H-pyrrole nitrogens is 1. The van der Waals surface area contributed by atoms with Crippen LogP contribution < -0.4 is 10.1 Å². The molecule has 0 amide bonds. The first-order valence-electron chi connectivity index (χ1n) is 12.1. The van der Waals surface area contributed by atoms with Crippen LogP contribution in [0, 0.1) is 11.8 Å². The second-order valence-electron chi connectivity index (χ2n) is 9.34. The average molecular weight is 601 g/mol. The van der Waals surface area contributed by atoms with Crippen LogP contribution in [0.1, 0.15) is 55.5 Å². The number of para-hydroxylation sites is 1. The number of rotatable bonds is 6. The maximum absolute atomic E-state index is 13.2. The number of pyridine rings is 1. The number of ketones is 1. The van der Waals surface area contributed by atoms with Crippen LogP contribution in [0.4, 0.5) is 46.8 Å². The number of hydrogen-bond acceptors (Lipinski definition) is 5. The van der Waals surface area contributed by atoms with Crippen molar-refractivity contribution < 1.29 is 44.7 Å². The lowest BCUT2D eigenvalue weighted by Crippen LogP contribution is -2.26. The summed E-state index contributed by atoms with van der Waals surface area (Å²) in [5, 5.41) is 2.26. The Labute approximate surface area is 228 Å². The van der Waals surface area contributed by atoms with Gasteiger partial charge in [-0.2, -0.15) is 36.3 Å². The molecule has 0 aliphatic heterocycles. The normalized spacial score (nSPS) is 17.9. The van der Waals surface area contributed by atoms with Gasteiger partial charge in [0.25, 0.3) is 6.43 Å². The molecule has 0 spiro atoms. The van der Waals surface area contributed by atoms with Gasteiger partial charge in [0.1, 0.15) is 0 Å². The molecule has 0 bridgehead atoms. The molecule has 4 rings (SSSR count). The number of hydrogen-bond donors (Lipinski definition) is 2. The number of fused-ring (bicyclic) bond motifs is 1. The molecular formula is C25H25ClF8N4O2. The van der Waals surface area contributed by atoms with Gasteiger partial charge in [0.2, 0.25) is 11.8 Å². The second kappa shape index (κ2) is 12.6. The standard InChI is InChI=1S/C17H12ClF5N4O2.C8H13F3/c1-7(28)8-5-11-14(26-15(8)29-6-12(19)20)27-16(24-11)25-13-9(17(21,22)23)3-2-4-10(13)18;1-6-2-4-7(5-3-6)8(9,10)11/h2-5,12H,6H2,1H3,(H2,24,25,26,27);6-7H,2-5H2,1H3. The van der Waals surface area contributed by atoms with E-state index in [9.17, 15) is 39.9 Å². The van der Waals surface area contributed by atoms with Crippen LogP contribution in [0.15, 0.2) is 24.3 Å². The van der Waals surface area contributed by atoms with Crippen molar-refractivity contribution in [1.82, 2.24) is 15.0 Å². The molecule has 6 nitrogen and oxygen atoms in total. The molecule has 0 saturated heterocycles. The third-order valence-corrected chi connectivity index (χ3v) is 6.52. The Morgan fingerprint density at radius 3 is 2.33 bits per heavy atom. The summed E-state index contributed by atoms with van der Waals surface area (Å²) in [7, 11) is 0. The molecule has 2 heterocycles. The van der Waals surface area contributed by atoms with E-state index in [4.69, 9.17) is 16.3 Å². The number of Topliss-reactive ketones (excluding diaryl/α,β-unsaturated/α-hetero) is 1. The summed E-state index contributed by atoms with van der Waals surface area (Å²) in [5.41, 5.74) is -1.39. The zero-order chi connectivity index (χ0) is 29.8. The van der Waals surface area contributed by atoms with Gasteiger partial charge in [-0.05, 0) is 43.9 Å².